The van der Waals surface area contributed by atoms with Gasteiger partial charge >= 0.3 is 12.0 Å². The van der Waals surface area contributed by atoms with Crippen LogP contribution in [0.3, 0.4) is 0 Å². The number of amides is 2. The third-order valence-corrected chi connectivity index (χ3v) is 4.30. The Kier molecular flexibility index (Phi) is 5.32. The van der Waals surface area contributed by atoms with Gasteiger partial charge in [0.15, 0.2) is 0 Å². The van der Waals surface area contributed by atoms with Crippen LogP contribution in [0.5, 0.6) is 5.75 Å². The zero-order chi connectivity index (χ0) is 15.2. The van der Waals surface area contributed by atoms with Crippen molar-refractivity contribution in [2.45, 2.75) is 18.9 Å². The maximum absolute atomic E-state index is 11.9. The van der Waals surface area contributed by atoms with Gasteiger partial charge in [-0.15, -0.1) is 0 Å². The molecule has 2 amide bonds. The number of hydrogen-bond acceptors (Lipinski definition) is 4. The Balaban J connectivity index is 1.98. The number of aromatic carboxylic acids is 1. The average molecular weight is 310 g/mol. The van der Waals surface area contributed by atoms with E-state index in [1.54, 1.807) is 6.07 Å². The van der Waals surface area contributed by atoms with Crippen LogP contribution < -0.4 is 15.4 Å². The topological polar surface area (TPSA) is 87.7 Å². The van der Waals surface area contributed by atoms with Gasteiger partial charge in [-0.3, -0.25) is 0 Å². The Morgan fingerprint density at radius 3 is 2.67 bits per heavy atom. The molecule has 3 N–H and O–H groups in total. The van der Waals surface area contributed by atoms with Crippen molar-refractivity contribution >= 4 is 29.4 Å². The Morgan fingerprint density at radius 1 is 1.33 bits per heavy atom. The van der Waals surface area contributed by atoms with Crippen LogP contribution in [0.4, 0.5) is 10.5 Å². The lowest BCUT2D eigenvalue weighted by Gasteiger charge is -2.22. The van der Waals surface area contributed by atoms with Crippen molar-refractivity contribution in [3.8, 4) is 5.75 Å². The second-order valence-electron chi connectivity index (χ2n) is 4.71. The molecule has 21 heavy (non-hydrogen) atoms. The lowest BCUT2D eigenvalue weighted by molar-refractivity contribution is 0.0693. The SMILES string of the molecule is COc1cc(NC(=O)NC2CCSCC2)ccc1C(=O)O. The Hall–Kier alpha value is -1.89. The van der Waals surface area contributed by atoms with Gasteiger partial charge in [-0.05, 0) is 36.5 Å². The number of carboxylic acid groups (broad SMARTS) is 1. The van der Waals surface area contributed by atoms with Crippen LogP contribution in [0, 0.1) is 0 Å². The highest BCUT2D eigenvalue weighted by Crippen LogP contribution is 2.23. The van der Waals surface area contributed by atoms with Crippen molar-refractivity contribution in [2.24, 2.45) is 0 Å². The van der Waals surface area contributed by atoms with Crippen molar-refractivity contribution in [1.29, 1.82) is 0 Å². The third-order valence-electron chi connectivity index (χ3n) is 3.25. The smallest absolute Gasteiger partial charge is 0.339 e. The fraction of sp³-hybridized carbons (Fsp3) is 0.429. The lowest BCUT2D eigenvalue weighted by Crippen LogP contribution is -2.39. The van der Waals surface area contributed by atoms with Crippen LogP contribution >= 0.6 is 11.8 Å². The molecule has 0 radical (unpaired) electrons. The number of thioether (sulfide) groups is 1. The number of urea groups is 1. The number of carbonyl (C=O) groups excluding carboxylic acids is 1. The predicted octanol–water partition coefficient (Wildman–Crippen LogP) is 2.41. The van der Waals surface area contributed by atoms with Gasteiger partial charge in [0.2, 0.25) is 0 Å². The largest absolute Gasteiger partial charge is 0.496 e. The molecule has 1 fully saturated rings. The van der Waals surface area contributed by atoms with Crippen LogP contribution in [-0.2, 0) is 0 Å². The van der Waals surface area contributed by atoms with Crippen LogP contribution in [0.15, 0.2) is 18.2 Å². The van der Waals surface area contributed by atoms with Gasteiger partial charge in [0, 0.05) is 17.8 Å². The minimum absolute atomic E-state index is 0.0627. The normalized spacial score (nSPS) is 15.3. The molecule has 2 rings (SSSR count). The Bertz CT molecular complexity index is 530. The average Bonchev–Trinajstić information content (AvgIpc) is 2.47. The van der Waals surface area contributed by atoms with E-state index in [0.29, 0.717) is 5.69 Å². The van der Waals surface area contributed by atoms with E-state index in [0.717, 1.165) is 24.3 Å². The number of carbonyl (C=O) groups is 2. The summed E-state index contributed by atoms with van der Waals surface area (Å²) in [5, 5.41) is 14.6. The van der Waals surface area contributed by atoms with Gasteiger partial charge in [0.05, 0.1) is 7.11 Å². The molecule has 0 aliphatic carbocycles. The zero-order valence-corrected chi connectivity index (χ0v) is 12.5. The molecular weight excluding hydrogens is 292 g/mol. The minimum atomic E-state index is -1.07. The summed E-state index contributed by atoms with van der Waals surface area (Å²) in [6.45, 7) is 0. The molecule has 1 aliphatic heterocycles. The van der Waals surface area contributed by atoms with Crippen LogP contribution in [-0.4, -0.2) is 41.8 Å². The van der Waals surface area contributed by atoms with Crippen molar-refractivity contribution in [2.75, 3.05) is 23.9 Å². The van der Waals surface area contributed by atoms with E-state index in [-0.39, 0.29) is 23.4 Å². The van der Waals surface area contributed by atoms with Gasteiger partial charge in [-0.2, -0.15) is 11.8 Å². The first-order valence-corrected chi connectivity index (χ1v) is 7.82. The summed E-state index contributed by atoms with van der Waals surface area (Å²) in [7, 11) is 1.39. The summed E-state index contributed by atoms with van der Waals surface area (Å²) in [5.41, 5.74) is 0.562. The molecule has 114 valence electrons. The standard InChI is InChI=1S/C14H18N2O4S/c1-20-12-8-10(2-3-11(12)13(17)18)16-14(19)15-9-4-6-21-7-5-9/h2-3,8-9H,4-7H2,1H3,(H,17,18)(H2,15,16,19). The van der Waals surface area contributed by atoms with E-state index < -0.39 is 5.97 Å². The quantitative estimate of drug-likeness (QED) is 0.795. The van der Waals surface area contributed by atoms with E-state index in [9.17, 15) is 9.59 Å². The number of anilines is 1. The fourth-order valence-corrected chi connectivity index (χ4v) is 3.25. The van der Waals surface area contributed by atoms with Gasteiger partial charge < -0.3 is 20.5 Å². The number of methoxy groups -OCH3 is 1. The summed E-state index contributed by atoms with van der Waals surface area (Å²) >= 11 is 1.90. The van der Waals surface area contributed by atoms with E-state index >= 15 is 0 Å². The first kappa shape index (κ1) is 15.5. The molecular formula is C14H18N2O4S. The Morgan fingerprint density at radius 2 is 2.05 bits per heavy atom. The van der Waals surface area contributed by atoms with E-state index in [4.69, 9.17) is 9.84 Å². The molecule has 1 aliphatic rings. The van der Waals surface area contributed by atoms with Crippen molar-refractivity contribution in [3.05, 3.63) is 23.8 Å². The highest BCUT2D eigenvalue weighted by atomic mass is 32.2. The van der Waals surface area contributed by atoms with E-state index in [1.165, 1.54) is 19.2 Å². The molecule has 1 aromatic carbocycles. The number of benzene rings is 1. The summed E-state index contributed by atoms with van der Waals surface area (Å²) < 4.78 is 5.02. The maximum Gasteiger partial charge on any atom is 0.339 e. The van der Waals surface area contributed by atoms with Gasteiger partial charge in [0.25, 0.3) is 0 Å². The lowest BCUT2D eigenvalue weighted by atomic mass is 10.1. The summed E-state index contributed by atoms with van der Waals surface area (Å²) in [4.78, 5) is 22.9. The molecule has 7 heteroatoms. The molecule has 0 spiro atoms. The molecule has 1 saturated heterocycles. The first-order valence-electron chi connectivity index (χ1n) is 6.66. The van der Waals surface area contributed by atoms with Crippen molar-refractivity contribution in [3.63, 3.8) is 0 Å². The number of ether oxygens (including phenoxy) is 1. The van der Waals surface area contributed by atoms with Crippen LogP contribution in [0.2, 0.25) is 0 Å². The molecule has 0 saturated carbocycles. The summed E-state index contributed by atoms with van der Waals surface area (Å²) in [5.74, 6) is 1.27. The molecule has 1 aromatic rings. The highest BCUT2D eigenvalue weighted by Gasteiger charge is 2.17. The second kappa shape index (κ2) is 7.21. The molecule has 0 unspecified atom stereocenters. The number of hydrogen-bond donors (Lipinski definition) is 3. The first-order chi connectivity index (χ1) is 10.1. The van der Waals surface area contributed by atoms with Gasteiger partial charge in [-0.1, -0.05) is 0 Å². The van der Waals surface area contributed by atoms with E-state index in [2.05, 4.69) is 10.6 Å². The van der Waals surface area contributed by atoms with Crippen LogP contribution in [0.1, 0.15) is 23.2 Å². The highest BCUT2D eigenvalue weighted by molar-refractivity contribution is 7.99. The van der Waals surface area contributed by atoms with E-state index in [1.807, 2.05) is 11.8 Å². The second-order valence-corrected chi connectivity index (χ2v) is 5.93. The predicted molar refractivity (Wildman–Crippen MR) is 82.5 cm³/mol. The zero-order valence-electron chi connectivity index (χ0n) is 11.7. The molecule has 0 aromatic heterocycles. The van der Waals surface area contributed by atoms with Crippen molar-refractivity contribution < 1.29 is 19.4 Å². The fourth-order valence-electron chi connectivity index (χ4n) is 2.14. The number of rotatable bonds is 4. The monoisotopic (exact) mass is 310 g/mol. The third kappa shape index (κ3) is 4.29. The minimum Gasteiger partial charge on any atom is -0.496 e. The van der Waals surface area contributed by atoms with Crippen molar-refractivity contribution in [1.82, 2.24) is 5.32 Å². The maximum atomic E-state index is 11.9. The summed E-state index contributed by atoms with van der Waals surface area (Å²) in [6.07, 6.45) is 1.94. The molecule has 1 heterocycles. The summed E-state index contributed by atoms with van der Waals surface area (Å²) in [6, 6.07) is 4.37. The molecule has 6 nitrogen and oxygen atoms in total. The molecule has 0 atom stereocenters. The Labute approximate surface area is 127 Å². The van der Waals surface area contributed by atoms with Gasteiger partial charge in [-0.25, -0.2) is 9.59 Å². The van der Waals surface area contributed by atoms with Gasteiger partial charge in [0.1, 0.15) is 11.3 Å². The molecule has 0 bridgehead atoms. The van der Waals surface area contributed by atoms with Crippen LogP contribution in [0.25, 0.3) is 0 Å². The number of carboxylic acids is 1. The number of nitrogens with one attached hydrogen (secondary N) is 2.